The zero-order chi connectivity index (χ0) is 8.65. The third-order valence-corrected chi connectivity index (χ3v) is 2.86. The average Bonchev–Trinajstić information content (AvgIpc) is 2.14. The van der Waals surface area contributed by atoms with E-state index in [2.05, 4.69) is 10.3 Å². The van der Waals surface area contributed by atoms with Crippen molar-refractivity contribution in [3.05, 3.63) is 0 Å². The Balaban J connectivity index is 1.95. The van der Waals surface area contributed by atoms with Crippen LogP contribution in [0, 0.1) is 10.7 Å². The number of rotatable bonds is 4. The highest BCUT2D eigenvalue weighted by atomic mass is 32.2. The van der Waals surface area contributed by atoms with Crippen LogP contribution in [0.15, 0.2) is 0 Å². The molecule has 0 aromatic carbocycles. The molecule has 3 heteroatoms. The van der Waals surface area contributed by atoms with E-state index in [1.165, 1.54) is 50.7 Å². The number of nitriles is 1. The number of piperidine rings is 1. The molecule has 0 radical (unpaired) electrons. The lowest BCUT2D eigenvalue weighted by atomic mass is 10.1. The van der Waals surface area contributed by atoms with Crippen LogP contribution in [-0.2, 0) is 0 Å². The maximum atomic E-state index is 8.30. The summed E-state index contributed by atoms with van der Waals surface area (Å²) in [5, 5.41) is 10.4. The number of thiocyanates is 1. The lowest BCUT2D eigenvalue weighted by Gasteiger charge is -2.25. The van der Waals surface area contributed by atoms with Gasteiger partial charge in [-0.05, 0) is 50.7 Å². The SMILES string of the molecule is N#CSCCCN1CCCCC1. The first kappa shape index (κ1) is 9.88. The van der Waals surface area contributed by atoms with Crippen LogP contribution in [0.25, 0.3) is 0 Å². The molecule has 0 amide bonds. The topological polar surface area (TPSA) is 27.0 Å². The molecular formula is C9H16N2S. The van der Waals surface area contributed by atoms with Gasteiger partial charge in [-0.25, -0.2) is 0 Å². The molecule has 68 valence electrons. The van der Waals surface area contributed by atoms with Gasteiger partial charge in [-0.3, -0.25) is 0 Å². The predicted octanol–water partition coefficient (Wildman–Crippen LogP) is 2.08. The lowest BCUT2D eigenvalue weighted by molar-refractivity contribution is 0.230. The summed E-state index contributed by atoms with van der Waals surface area (Å²) in [6.45, 7) is 3.74. The Hall–Kier alpha value is -0.200. The van der Waals surface area contributed by atoms with Gasteiger partial charge < -0.3 is 4.90 Å². The number of hydrogen-bond acceptors (Lipinski definition) is 3. The minimum atomic E-state index is 0.993. The van der Waals surface area contributed by atoms with E-state index in [4.69, 9.17) is 5.26 Å². The van der Waals surface area contributed by atoms with Crippen LogP contribution in [0.2, 0.25) is 0 Å². The summed E-state index contributed by atoms with van der Waals surface area (Å²) in [6.07, 6.45) is 5.30. The summed E-state index contributed by atoms with van der Waals surface area (Å²) < 4.78 is 0. The first-order chi connectivity index (χ1) is 5.93. The van der Waals surface area contributed by atoms with Crippen molar-refractivity contribution < 1.29 is 0 Å². The quantitative estimate of drug-likeness (QED) is 0.494. The van der Waals surface area contributed by atoms with Crippen molar-refractivity contribution in [2.75, 3.05) is 25.4 Å². The van der Waals surface area contributed by atoms with Gasteiger partial charge in [-0.1, -0.05) is 6.42 Å². The van der Waals surface area contributed by atoms with Crippen molar-refractivity contribution in [3.63, 3.8) is 0 Å². The number of thioether (sulfide) groups is 1. The van der Waals surface area contributed by atoms with Crippen LogP contribution >= 0.6 is 11.8 Å². The molecule has 0 aliphatic carbocycles. The average molecular weight is 184 g/mol. The molecule has 0 unspecified atom stereocenters. The summed E-state index contributed by atoms with van der Waals surface area (Å²) in [5.41, 5.74) is 0. The first-order valence-corrected chi connectivity index (χ1v) is 5.65. The molecular weight excluding hydrogens is 168 g/mol. The van der Waals surface area contributed by atoms with E-state index in [1.807, 2.05) is 0 Å². The first-order valence-electron chi connectivity index (χ1n) is 4.67. The second-order valence-electron chi connectivity index (χ2n) is 3.20. The molecule has 12 heavy (non-hydrogen) atoms. The van der Waals surface area contributed by atoms with E-state index >= 15 is 0 Å². The van der Waals surface area contributed by atoms with E-state index in [0.29, 0.717) is 0 Å². The van der Waals surface area contributed by atoms with Crippen molar-refractivity contribution in [2.24, 2.45) is 0 Å². The van der Waals surface area contributed by atoms with Gasteiger partial charge in [-0.15, -0.1) is 0 Å². The number of hydrogen-bond donors (Lipinski definition) is 0. The summed E-state index contributed by atoms with van der Waals surface area (Å²) in [5.74, 6) is 0.993. The smallest absolute Gasteiger partial charge is 0.133 e. The predicted molar refractivity (Wildman–Crippen MR) is 53.0 cm³/mol. The summed E-state index contributed by atoms with van der Waals surface area (Å²) in [6, 6.07) is 0. The van der Waals surface area contributed by atoms with E-state index < -0.39 is 0 Å². The van der Waals surface area contributed by atoms with Gasteiger partial charge in [0.05, 0.1) is 0 Å². The highest BCUT2D eigenvalue weighted by Gasteiger charge is 2.08. The highest BCUT2D eigenvalue weighted by molar-refractivity contribution is 8.03. The molecule has 2 nitrogen and oxygen atoms in total. The standard InChI is InChI=1S/C9H16N2S/c10-9-12-8-4-7-11-5-2-1-3-6-11/h1-8H2. The van der Waals surface area contributed by atoms with Crippen LogP contribution < -0.4 is 0 Å². The molecule has 1 fully saturated rings. The summed E-state index contributed by atoms with van der Waals surface area (Å²) >= 11 is 1.38. The Morgan fingerprint density at radius 3 is 2.67 bits per heavy atom. The molecule has 1 rings (SSSR count). The minimum absolute atomic E-state index is 0.993. The third kappa shape index (κ3) is 3.99. The Bertz CT molecular complexity index is 147. The Labute approximate surface area is 78.9 Å². The van der Waals surface area contributed by atoms with Crippen molar-refractivity contribution >= 4 is 11.8 Å². The van der Waals surface area contributed by atoms with Gasteiger partial charge in [0.1, 0.15) is 5.40 Å². The summed E-state index contributed by atoms with van der Waals surface area (Å²) in [7, 11) is 0. The molecule has 0 aromatic heterocycles. The van der Waals surface area contributed by atoms with Crippen molar-refractivity contribution in [3.8, 4) is 5.40 Å². The highest BCUT2D eigenvalue weighted by Crippen LogP contribution is 2.09. The normalized spacial score (nSPS) is 18.9. The van der Waals surface area contributed by atoms with Crippen LogP contribution in [0.3, 0.4) is 0 Å². The second kappa shape index (κ2) is 6.33. The van der Waals surface area contributed by atoms with E-state index in [0.717, 1.165) is 12.2 Å². The number of likely N-dealkylation sites (tertiary alicyclic amines) is 1. The molecule has 0 bridgehead atoms. The molecule has 0 spiro atoms. The lowest BCUT2D eigenvalue weighted by Crippen LogP contribution is -2.30. The van der Waals surface area contributed by atoms with E-state index in [1.54, 1.807) is 0 Å². The van der Waals surface area contributed by atoms with Gasteiger partial charge in [0.2, 0.25) is 0 Å². The van der Waals surface area contributed by atoms with Gasteiger partial charge in [0, 0.05) is 5.75 Å². The Morgan fingerprint density at radius 2 is 2.00 bits per heavy atom. The van der Waals surface area contributed by atoms with Crippen molar-refractivity contribution in [1.29, 1.82) is 5.26 Å². The van der Waals surface area contributed by atoms with Crippen molar-refractivity contribution in [1.82, 2.24) is 4.90 Å². The molecule has 0 saturated carbocycles. The van der Waals surface area contributed by atoms with Gasteiger partial charge in [0.25, 0.3) is 0 Å². The van der Waals surface area contributed by atoms with E-state index in [-0.39, 0.29) is 0 Å². The van der Waals surface area contributed by atoms with E-state index in [9.17, 15) is 0 Å². The molecule has 1 heterocycles. The zero-order valence-corrected chi connectivity index (χ0v) is 8.28. The van der Waals surface area contributed by atoms with Crippen LogP contribution in [0.4, 0.5) is 0 Å². The fourth-order valence-corrected chi connectivity index (χ4v) is 1.95. The Kier molecular flexibility index (Phi) is 5.21. The fraction of sp³-hybridized carbons (Fsp3) is 0.889. The molecule has 0 N–H and O–H groups in total. The fourth-order valence-electron chi connectivity index (χ4n) is 1.59. The molecule has 0 atom stereocenters. The van der Waals surface area contributed by atoms with Gasteiger partial charge >= 0.3 is 0 Å². The van der Waals surface area contributed by atoms with Crippen LogP contribution in [-0.4, -0.2) is 30.3 Å². The monoisotopic (exact) mass is 184 g/mol. The van der Waals surface area contributed by atoms with Gasteiger partial charge in [0.15, 0.2) is 0 Å². The second-order valence-corrected chi connectivity index (χ2v) is 4.08. The van der Waals surface area contributed by atoms with Crippen LogP contribution in [0.1, 0.15) is 25.7 Å². The molecule has 1 aliphatic heterocycles. The minimum Gasteiger partial charge on any atom is -0.303 e. The van der Waals surface area contributed by atoms with Crippen LogP contribution in [0.5, 0.6) is 0 Å². The largest absolute Gasteiger partial charge is 0.303 e. The molecule has 0 aromatic rings. The Morgan fingerprint density at radius 1 is 1.25 bits per heavy atom. The summed E-state index contributed by atoms with van der Waals surface area (Å²) in [4.78, 5) is 2.52. The van der Waals surface area contributed by atoms with Crippen molar-refractivity contribution in [2.45, 2.75) is 25.7 Å². The zero-order valence-electron chi connectivity index (χ0n) is 7.46. The third-order valence-electron chi connectivity index (χ3n) is 2.23. The maximum absolute atomic E-state index is 8.30. The maximum Gasteiger partial charge on any atom is 0.133 e. The van der Waals surface area contributed by atoms with Gasteiger partial charge in [-0.2, -0.15) is 5.26 Å². The molecule has 1 aliphatic rings. The number of nitrogens with zero attached hydrogens (tertiary/aromatic N) is 2. The molecule has 1 saturated heterocycles.